The molecule has 0 aromatic carbocycles. The first kappa shape index (κ1) is 10.8. The Kier molecular flexibility index (Phi) is 2.70. The van der Waals surface area contributed by atoms with Crippen LogP contribution in [0.3, 0.4) is 0 Å². The molecule has 0 aliphatic carbocycles. The molecule has 2 heterocycles. The van der Waals surface area contributed by atoms with Gasteiger partial charge in [0.25, 0.3) is 0 Å². The normalized spacial score (nSPS) is 10.4. The molecule has 0 unspecified atom stereocenters. The van der Waals surface area contributed by atoms with Crippen molar-refractivity contribution in [2.24, 2.45) is 0 Å². The SMILES string of the molecule is Cc1cc(C(=O)c2cc(C=O)sc2C)n[nH]1. The van der Waals surface area contributed by atoms with Crippen LogP contribution < -0.4 is 0 Å². The minimum atomic E-state index is -0.147. The lowest BCUT2D eigenvalue weighted by Gasteiger charge is -1.93. The van der Waals surface area contributed by atoms with Crippen LogP contribution in [0.25, 0.3) is 0 Å². The van der Waals surface area contributed by atoms with Crippen LogP contribution in [0.5, 0.6) is 0 Å². The van der Waals surface area contributed by atoms with Crippen molar-refractivity contribution in [1.29, 1.82) is 0 Å². The van der Waals surface area contributed by atoms with Gasteiger partial charge in [0.15, 0.2) is 6.29 Å². The number of aromatic nitrogens is 2. The molecule has 82 valence electrons. The molecule has 2 aromatic heterocycles. The Bertz CT molecular complexity index is 554. The Labute approximate surface area is 96.3 Å². The van der Waals surface area contributed by atoms with Crippen LogP contribution >= 0.6 is 11.3 Å². The van der Waals surface area contributed by atoms with Crippen molar-refractivity contribution in [2.75, 3.05) is 0 Å². The van der Waals surface area contributed by atoms with Gasteiger partial charge in [0, 0.05) is 16.1 Å². The first-order valence-electron chi connectivity index (χ1n) is 4.74. The van der Waals surface area contributed by atoms with E-state index < -0.39 is 0 Å². The van der Waals surface area contributed by atoms with E-state index in [2.05, 4.69) is 10.2 Å². The molecule has 0 spiro atoms. The Balaban J connectivity index is 2.40. The minimum absolute atomic E-state index is 0.147. The predicted molar refractivity (Wildman–Crippen MR) is 61.2 cm³/mol. The summed E-state index contributed by atoms with van der Waals surface area (Å²) in [5.74, 6) is -0.147. The molecular formula is C11H10N2O2S. The number of carbonyl (C=O) groups excluding carboxylic acids is 2. The van der Waals surface area contributed by atoms with Crippen LogP contribution in [0.2, 0.25) is 0 Å². The van der Waals surface area contributed by atoms with E-state index >= 15 is 0 Å². The summed E-state index contributed by atoms with van der Waals surface area (Å²) < 4.78 is 0. The van der Waals surface area contributed by atoms with Crippen molar-refractivity contribution in [3.63, 3.8) is 0 Å². The van der Waals surface area contributed by atoms with Gasteiger partial charge in [0.1, 0.15) is 5.69 Å². The maximum absolute atomic E-state index is 12.0. The minimum Gasteiger partial charge on any atom is -0.297 e. The lowest BCUT2D eigenvalue weighted by atomic mass is 10.1. The standard InChI is InChI=1S/C11H10N2O2S/c1-6-3-10(13-12-6)11(15)9-4-8(5-14)16-7(9)2/h3-5H,1-2H3,(H,12,13). The van der Waals surface area contributed by atoms with Gasteiger partial charge in [-0.3, -0.25) is 14.7 Å². The van der Waals surface area contributed by atoms with Gasteiger partial charge in [-0.15, -0.1) is 11.3 Å². The Hall–Kier alpha value is -1.75. The van der Waals surface area contributed by atoms with E-state index in [0.717, 1.165) is 16.9 Å². The van der Waals surface area contributed by atoms with Crippen molar-refractivity contribution >= 4 is 23.4 Å². The van der Waals surface area contributed by atoms with Crippen molar-refractivity contribution in [3.05, 3.63) is 38.8 Å². The molecule has 4 nitrogen and oxygen atoms in total. The summed E-state index contributed by atoms with van der Waals surface area (Å²) in [7, 11) is 0. The summed E-state index contributed by atoms with van der Waals surface area (Å²) in [6.07, 6.45) is 0.754. The number of hydrogen-bond donors (Lipinski definition) is 1. The largest absolute Gasteiger partial charge is 0.297 e. The van der Waals surface area contributed by atoms with Gasteiger partial charge < -0.3 is 0 Å². The van der Waals surface area contributed by atoms with Crippen LogP contribution in [-0.2, 0) is 0 Å². The fourth-order valence-corrected chi connectivity index (χ4v) is 2.30. The zero-order chi connectivity index (χ0) is 11.7. The van der Waals surface area contributed by atoms with Crippen LogP contribution in [0, 0.1) is 13.8 Å². The highest BCUT2D eigenvalue weighted by Crippen LogP contribution is 2.22. The van der Waals surface area contributed by atoms with E-state index in [1.807, 2.05) is 13.8 Å². The average molecular weight is 234 g/mol. The van der Waals surface area contributed by atoms with Gasteiger partial charge in [0.05, 0.1) is 4.88 Å². The Morgan fingerprint density at radius 2 is 2.19 bits per heavy atom. The van der Waals surface area contributed by atoms with Gasteiger partial charge in [0.2, 0.25) is 5.78 Å². The average Bonchev–Trinajstić information content (AvgIpc) is 2.83. The quantitative estimate of drug-likeness (QED) is 0.653. The van der Waals surface area contributed by atoms with E-state index in [9.17, 15) is 9.59 Å². The van der Waals surface area contributed by atoms with Gasteiger partial charge in [-0.05, 0) is 26.0 Å². The van der Waals surface area contributed by atoms with Crippen LogP contribution in [-0.4, -0.2) is 22.3 Å². The van der Waals surface area contributed by atoms with Gasteiger partial charge in [-0.25, -0.2) is 0 Å². The number of hydrogen-bond acceptors (Lipinski definition) is 4. The highest BCUT2D eigenvalue weighted by molar-refractivity contribution is 7.14. The summed E-state index contributed by atoms with van der Waals surface area (Å²) in [5.41, 5.74) is 1.78. The number of nitrogens with zero attached hydrogens (tertiary/aromatic N) is 1. The predicted octanol–water partition coefficient (Wildman–Crippen LogP) is 2.13. The molecule has 16 heavy (non-hydrogen) atoms. The van der Waals surface area contributed by atoms with E-state index in [1.165, 1.54) is 11.3 Å². The van der Waals surface area contributed by atoms with Crippen molar-refractivity contribution in [2.45, 2.75) is 13.8 Å². The first-order chi connectivity index (χ1) is 7.61. The third-order valence-electron chi connectivity index (χ3n) is 2.24. The maximum Gasteiger partial charge on any atom is 0.214 e. The van der Waals surface area contributed by atoms with Gasteiger partial charge in [-0.1, -0.05) is 0 Å². The topological polar surface area (TPSA) is 62.8 Å². The molecule has 0 atom stereocenters. The number of ketones is 1. The van der Waals surface area contributed by atoms with Crippen molar-refractivity contribution < 1.29 is 9.59 Å². The molecule has 5 heteroatoms. The summed E-state index contributed by atoms with van der Waals surface area (Å²) in [6, 6.07) is 3.30. The van der Waals surface area contributed by atoms with E-state index in [4.69, 9.17) is 0 Å². The number of aromatic amines is 1. The van der Waals surface area contributed by atoms with Crippen molar-refractivity contribution in [3.8, 4) is 0 Å². The monoisotopic (exact) mass is 234 g/mol. The van der Waals surface area contributed by atoms with Gasteiger partial charge in [-0.2, -0.15) is 5.10 Å². The zero-order valence-electron chi connectivity index (χ0n) is 8.90. The second-order valence-corrected chi connectivity index (χ2v) is 4.79. The highest BCUT2D eigenvalue weighted by Gasteiger charge is 2.17. The summed E-state index contributed by atoms with van der Waals surface area (Å²) in [5, 5.41) is 6.63. The number of thiophene rings is 1. The molecular weight excluding hydrogens is 224 g/mol. The smallest absolute Gasteiger partial charge is 0.214 e. The number of rotatable bonds is 3. The van der Waals surface area contributed by atoms with E-state index in [-0.39, 0.29) is 5.78 Å². The third-order valence-corrected chi connectivity index (χ3v) is 3.21. The first-order valence-corrected chi connectivity index (χ1v) is 5.56. The van der Waals surface area contributed by atoms with Gasteiger partial charge >= 0.3 is 0 Å². The Morgan fingerprint density at radius 1 is 1.44 bits per heavy atom. The molecule has 2 rings (SSSR count). The number of nitrogens with one attached hydrogen (secondary N) is 1. The number of carbonyl (C=O) groups is 2. The van der Waals surface area contributed by atoms with E-state index in [1.54, 1.807) is 12.1 Å². The van der Waals surface area contributed by atoms with E-state index in [0.29, 0.717) is 16.1 Å². The molecule has 2 aromatic rings. The molecule has 0 bridgehead atoms. The zero-order valence-corrected chi connectivity index (χ0v) is 9.72. The lowest BCUT2D eigenvalue weighted by Crippen LogP contribution is -2.01. The molecule has 0 aliphatic rings. The van der Waals surface area contributed by atoms with Crippen LogP contribution in [0.4, 0.5) is 0 Å². The third kappa shape index (κ3) is 1.81. The molecule has 0 fully saturated rings. The number of H-pyrrole nitrogens is 1. The van der Waals surface area contributed by atoms with Crippen LogP contribution in [0.15, 0.2) is 12.1 Å². The Morgan fingerprint density at radius 3 is 2.69 bits per heavy atom. The molecule has 1 N–H and O–H groups in total. The van der Waals surface area contributed by atoms with Crippen molar-refractivity contribution in [1.82, 2.24) is 10.2 Å². The molecule has 0 amide bonds. The molecule has 0 aliphatic heterocycles. The number of aldehydes is 1. The summed E-state index contributed by atoms with van der Waals surface area (Å²) >= 11 is 1.32. The molecule has 0 saturated carbocycles. The molecule has 0 saturated heterocycles. The lowest BCUT2D eigenvalue weighted by molar-refractivity contribution is 0.103. The highest BCUT2D eigenvalue weighted by atomic mass is 32.1. The number of aryl methyl sites for hydroxylation is 2. The van der Waals surface area contributed by atoms with Crippen LogP contribution in [0.1, 0.15) is 36.3 Å². The fraction of sp³-hybridized carbons (Fsp3) is 0.182. The maximum atomic E-state index is 12.0. The second kappa shape index (κ2) is 4.02. The fourth-order valence-electron chi connectivity index (χ4n) is 1.46. The summed E-state index contributed by atoms with van der Waals surface area (Å²) in [4.78, 5) is 24.0. The molecule has 0 radical (unpaired) electrons. The summed E-state index contributed by atoms with van der Waals surface area (Å²) in [6.45, 7) is 3.66. The second-order valence-electron chi connectivity index (χ2n) is 3.50.